The van der Waals surface area contributed by atoms with Crippen molar-refractivity contribution in [2.45, 2.75) is 45.2 Å². The van der Waals surface area contributed by atoms with E-state index in [1.165, 1.54) is 20.1 Å². The van der Waals surface area contributed by atoms with Crippen molar-refractivity contribution in [2.75, 3.05) is 32.1 Å². The van der Waals surface area contributed by atoms with E-state index in [2.05, 4.69) is 17.2 Å². The number of rotatable bonds is 5. The highest BCUT2D eigenvalue weighted by Gasteiger charge is 2.34. The van der Waals surface area contributed by atoms with Crippen LogP contribution >= 0.6 is 0 Å². The average Bonchev–Trinajstić information content (AvgIpc) is 3.43. The smallest absolute Gasteiger partial charge is 0.329 e. The van der Waals surface area contributed by atoms with Crippen molar-refractivity contribution in [1.82, 2.24) is 14.9 Å². The van der Waals surface area contributed by atoms with Crippen LogP contribution in [0.5, 0.6) is 5.75 Å². The first-order valence-corrected chi connectivity index (χ1v) is 10.2. The minimum atomic E-state index is -0.584. The Kier molecular flexibility index (Phi) is 6.46. The van der Waals surface area contributed by atoms with Gasteiger partial charge in [-0.3, -0.25) is 14.3 Å². The first kappa shape index (κ1) is 21.8. The number of fused-ring (bicyclic) bond motifs is 1. The quantitative estimate of drug-likeness (QED) is 0.773. The molecule has 2 N–H and O–H groups in total. The van der Waals surface area contributed by atoms with Crippen molar-refractivity contribution in [1.29, 1.82) is 5.26 Å². The van der Waals surface area contributed by atoms with Gasteiger partial charge in [-0.05, 0) is 45.2 Å². The molecular weight excluding hydrogens is 389 g/mol. The Hall–Kier alpha value is -2.86. The van der Waals surface area contributed by atoms with Gasteiger partial charge in [-0.2, -0.15) is 5.26 Å². The van der Waals surface area contributed by atoms with Gasteiger partial charge in [-0.15, -0.1) is 0 Å². The molecule has 0 amide bonds. The normalized spacial score (nSPS) is 19.2. The number of anilines is 1. The maximum atomic E-state index is 15.1. The molecule has 4 rings (SSSR count). The summed E-state index contributed by atoms with van der Waals surface area (Å²) >= 11 is 0. The van der Waals surface area contributed by atoms with Crippen molar-refractivity contribution in [3.63, 3.8) is 0 Å². The standard InChI is InChI=1S/C19H25FN4O3.C2H3N/c1-10(21-2)11-6-7-23(9-11)16-14(20)8-13-15(17(16)27-3)24(12-4-5-12)19(26)22-18(13)25;1-2-3/h8,10-12,21H,4-7,9H2,1-3H3,(H,22,25,26);1H3. The molecule has 1 saturated carbocycles. The molecule has 1 aliphatic heterocycles. The maximum absolute atomic E-state index is 15.1. The molecule has 9 heteroatoms. The van der Waals surface area contributed by atoms with Crippen molar-refractivity contribution < 1.29 is 9.13 Å². The molecule has 0 spiro atoms. The highest BCUT2D eigenvalue weighted by molar-refractivity contribution is 5.91. The van der Waals surface area contributed by atoms with Crippen LogP contribution < -0.4 is 26.2 Å². The Balaban J connectivity index is 0.000000806. The second-order valence-electron chi connectivity index (χ2n) is 7.79. The molecule has 30 heavy (non-hydrogen) atoms. The number of aromatic nitrogens is 2. The number of ether oxygens (including phenoxy) is 1. The predicted octanol–water partition coefficient (Wildman–Crippen LogP) is 2.14. The lowest BCUT2D eigenvalue weighted by Gasteiger charge is -2.25. The lowest BCUT2D eigenvalue weighted by atomic mass is 10.0. The molecule has 0 bridgehead atoms. The van der Waals surface area contributed by atoms with Crippen LogP contribution in [0, 0.1) is 23.1 Å². The molecular formula is C21H28FN5O3. The van der Waals surface area contributed by atoms with E-state index >= 15 is 4.39 Å². The van der Waals surface area contributed by atoms with Gasteiger partial charge < -0.3 is 15.0 Å². The van der Waals surface area contributed by atoms with E-state index in [-0.39, 0.29) is 17.2 Å². The van der Waals surface area contributed by atoms with E-state index in [1.807, 2.05) is 11.9 Å². The molecule has 162 valence electrons. The van der Waals surface area contributed by atoms with Gasteiger partial charge in [0.2, 0.25) is 0 Å². The Morgan fingerprint density at radius 2 is 2.03 bits per heavy atom. The van der Waals surface area contributed by atoms with Gasteiger partial charge in [0, 0.05) is 32.1 Å². The van der Waals surface area contributed by atoms with E-state index in [1.54, 1.807) is 10.6 Å². The predicted molar refractivity (Wildman–Crippen MR) is 114 cm³/mol. The van der Waals surface area contributed by atoms with E-state index in [0.717, 1.165) is 19.3 Å². The first-order chi connectivity index (χ1) is 14.4. The van der Waals surface area contributed by atoms with Crippen LogP contribution in [0.4, 0.5) is 10.1 Å². The molecule has 2 aromatic rings. The topological polar surface area (TPSA) is 103 Å². The van der Waals surface area contributed by atoms with Crippen molar-refractivity contribution in [3.05, 3.63) is 32.7 Å². The lowest BCUT2D eigenvalue weighted by Crippen LogP contribution is -2.33. The monoisotopic (exact) mass is 417 g/mol. The summed E-state index contributed by atoms with van der Waals surface area (Å²) in [5.74, 6) is 0.168. The fraction of sp³-hybridized carbons (Fsp3) is 0.571. The Bertz CT molecular complexity index is 1080. The van der Waals surface area contributed by atoms with E-state index in [9.17, 15) is 9.59 Å². The van der Waals surface area contributed by atoms with Gasteiger partial charge in [-0.1, -0.05) is 0 Å². The number of hydrogen-bond donors (Lipinski definition) is 2. The summed E-state index contributed by atoms with van der Waals surface area (Å²) in [6, 6.07) is 3.33. The minimum absolute atomic E-state index is 0.0275. The molecule has 0 radical (unpaired) electrons. The summed E-state index contributed by atoms with van der Waals surface area (Å²) in [5.41, 5.74) is -0.307. The van der Waals surface area contributed by atoms with Gasteiger partial charge in [0.25, 0.3) is 5.56 Å². The third-order valence-corrected chi connectivity index (χ3v) is 5.93. The summed E-state index contributed by atoms with van der Waals surface area (Å²) in [4.78, 5) is 29.0. The number of benzene rings is 1. The molecule has 1 aromatic heterocycles. The van der Waals surface area contributed by atoms with Gasteiger partial charge in [-0.25, -0.2) is 9.18 Å². The molecule has 2 atom stereocenters. The Morgan fingerprint density at radius 3 is 2.60 bits per heavy atom. The molecule has 1 aliphatic carbocycles. The molecule has 2 unspecified atom stereocenters. The summed E-state index contributed by atoms with van der Waals surface area (Å²) in [5, 5.41) is 10.7. The number of nitrogens with zero attached hydrogens (tertiary/aromatic N) is 3. The lowest BCUT2D eigenvalue weighted by molar-refractivity contribution is 0.411. The second-order valence-corrected chi connectivity index (χ2v) is 7.79. The van der Waals surface area contributed by atoms with Gasteiger partial charge in [0.1, 0.15) is 11.2 Å². The molecule has 8 nitrogen and oxygen atoms in total. The van der Waals surface area contributed by atoms with E-state index < -0.39 is 17.1 Å². The molecule has 2 aliphatic rings. The minimum Gasteiger partial charge on any atom is -0.492 e. The van der Waals surface area contributed by atoms with Gasteiger partial charge >= 0.3 is 5.69 Å². The maximum Gasteiger partial charge on any atom is 0.329 e. The first-order valence-electron chi connectivity index (χ1n) is 10.2. The number of nitrogens with one attached hydrogen (secondary N) is 2. The van der Waals surface area contributed by atoms with Crippen molar-refractivity contribution in [2.24, 2.45) is 5.92 Å². The molecule has 1 aromatic carbocycles. The third-order valence-electron chi connectivity index (χ3n) is 5.93. The Morgan fingerprint density at radius 1 is 1.37 bits per heavy atom. The summed E-state index contributed by atoms with van der Waals surface area (Å²) in [6.45, 7) is 4.94. The third kappa shape index (κ3) is 3.92. The zero-order valence-electron chi connectivity index (χ0n) is 17.8. The van der Waals surface area contributed by atoms with Crippen molar-refractivity contribution in [3.8, 4) is 11.8 Å². The SMILES string of the molecule is CC#N.CNC(C)C1CCN(c2c(F)cc3c(=O)[nH]c(=O)n(C4CC4)c3c2OC)C1. The second kappa shape index (κ2) is 8.88. The number of hydrogen-bond acceptors (Lipinski definition) is 6. The van der Waals surface area contributed by atoms with Gasteiger partial charge in [0.05, 0.1) is 18.6 Å². The van der Waals surface area contributed by atoms with Crippen LogP contribution in [0.15, 0.2) is 15.7 Å². The molecule has 2 fully saturated rings. The van der Waals surface area contributed by atoms with E-state index in [0.29, 0.717) is 36.3 Å². The number of halogens is 1. The largest absolute Gasteiger partial charge is 0.492 e. The molecule has 1 saturated heterocycles. The zero-order chi connectivity index (χ0) is 22.0. The highest BCUT2D eigenvalue weighted by atomic mass is 19.1. The summed E-state index contributed by atoms with van der Waals surface area (Å²) in [7, 11) is 3.38. The number of H-pyrrole nitrogens is 1. The van der Waals surface area contributed by atoms with Crippen LogP contribution in [0.2, 0.25) is 0 Å². The van der Waals surface area contributed by atoms with Crippen LogP contribution in [0.25, 0.3) is 10.9 Å². The fourth-order valence-corrected chi connectivity index (χ4v) is 4.15. The summed E-state index contributed by atoms with van der Waals surface area (Å²) in [6.07, 6.45) is 2.66. The average molecular weight is 417 g/mol. The van der Waals surface area contributed by atoms with Crippen LogP contribution in [-0.2, 0) is 0 Å². The number of nitriles is 1. The highest BCUT2D eigenvalue weighted by Crippen LogP contribution is 2.43. The zero-order valence-corrected chi connectivity index (χ0v) is 17.8. The van der Waals surface area contributed by atoms with Gasteiger partial charge in [0.15, 0.2) is 11.6 Å². The van der Waals surface area contributed by atoms with E-state index in [4.69, 9.17) is 10.00 Å². The van der Waals surface area contributed by atoms with Crippen molar-refractivity contribution >= 4 is 16.6 Å². The fourth-order valence-electron chi connectivity index (χ4n) is 4.15. The molecule has 2 heterocycles. The van der Waals surface area contributed by atoms with Crippen LogP contribution in [0.3, 0.4) is 0 Å². The number of methoxy groups -OCH3 is 1. The number of aromatic amines is 1. The van der Waals surface area contributed by atoms with Crippen LogP contribution in [0.1, 0.15) is 39.2 Å². The Labute approximate surface area is 174 Å². The van der Waals surface area contributed by atoms with Crippen LogP contribution in [-0.4, -0.2) is 42.8 Å². The summed E-state index contributed by atoms with van der Waals surface area (Å²) < 4.78 is 22.2.